The number of ether oxygens (including phenoxy) is 2. The highest BCUT2D eigenvalue weighted by Crippen LogP contribution is 2.34. The molecule has 4 rings (SSSR count). The normalized spacial score (nSPS) is 23.1. The van der Waals surface area contributed by atoms with Gasteiger partial charge in [0.05, 0.1) is 24.2 Å². The summed E-state index contributed by atoms with van der Waals surface area (Å²) in [5.41, 5.74) is 0.565. The van der Waals surface area contributed by atoms with Gasteiger partial charge in [0, 0.05) is 38.4 Å². The molecule has 2 atom stereocenters. The third-order valence-electron chi connectivity index (χ3n) is 6.46. The van der Waals surface area contributed by atoms with Crippen LogP contribution in [0.4, 0.5) is 5.95 Å². The van der Waals surface area contributed by atoms with Gasteiger partial charge < -0.3 is 19.7 Å². The lowest BCUT2D eigenvalue weighted by Gasteiger charge is -2.42. The monoisotopic (exact) mass is 491 g/mol. The number of morpholine rings is 1. The average Bonchev–Trinajstić information content (AvgIpc) is 3.35. The molecule has 1 amide bonds. The number of nitrogens with one attached hydrogen (secondary N) is 1. The first-order valence-corrected chi connectivity index (χ1v) is 13.5. The maximum absolute atomic E-state index is 12.9. The molecule has 2 aromatic rings. The largest absolute Gasteiger partial charge is 0.375 e. The van der Waals surface area contributed by atoms with Gasteiger partial charge in [0.2, 0.25) is 11.8 Å². The predicted octanol–water partition coefficient (Wildman–Crippen LogP) is 1.45. The van der Waals surface area contributed by atoms with Gasteiger partial charge in [-0.3, -0.25) is 9.36 Å². The molecule has 0 bridgehead atoms. The van der Waals surface area contributed by atoms with Gasteiger partial charge in [0.25, 0.3) is 5.91 Å². The molecule has 1 aromatic heterocycles. The average molecular weight is 492 g/mol. The number of anilines is 1. The van der Waals surface area contributed by atoms with Crippen LogP contribution in [-0.2, 0) is 32.3 Å². The molecule has 34 heavy (non-hydrogen) atoms. The van der Waals surface area contributed by atoms with Crippen molar-refractivity contribution >= 4 is 21.7 Å². The molecule has 186 valence electrons. The maximum atomic E-state index is 12.9. The van der Waals surface area contributed by atoms with Crippen molar-refractivity contribution in [3.05, 3.63) is 35.7 Å². The molecular weight excluding hydrogens is 458 g/mol. The van der Waals surface area contributed by atoms with E-state index in [1.165, 1.54) is 6.26 Å². The zero-order chi connectivity index (χ0) is 24.5. The minimum absolute atomic E-state index is 0.0243. The molecule has 1 N–H and O–H groups in total. The Morgan fingerprint density at radius 1 is 1.24 bits per heavy atom. The second kappa shape index (κ2) is 9.63. The summed E-state index contributed by atoms with van der Waals surface area (Å²) >= 11 is 0. The number of aryl methyl sites for hydroxylation is 1. The molecule has 0 radical (unpaired) electrons. The Balaban J connectivity index is 1.60. The molecule has 0 aliphatic carbocycles. The number of carbonyl (C=O) groups is 1. The molecule has 3 heterocycles. The van der Waals surface area contributed by atoms with Crippen molar-refractivity contribution in [2.45, 2.75) is 62.8 Å². The van der Waals surface area contributed by atoms with Crippen molar-refractivity contribution in [2.24, 2.45) is 0 Å². The highest BCUT2D eigenvalue weighted by atomic mass is 32.2. The van der Waals surface area contributed by atoms with Crippen molar-refractivity contribution < 1.29 is 22.7 Å². The zero-order valence-corrected chi connectivity index (χ0v) is 21.0. The maximum Gasteiger partial charge on any atom is 0.289 e. The van der Waals surface area contributed by atoms with Gasteiger partial charge in [-0.25, -0.2) is 8.42 Å². The number of rotatable bonds is 7. The number of carbonyl (C=O) groups excluding carboxylic acids is 1. The Labute approximate surface area is 200 Å². The Kier molecular flexibility index (Phi) is 6.97. The quantitative estimate of drug-likeness (QED) is 0.619. The Morgan fingerprint density at radius 3 is 2.59 bits per heavy atom. The van der Waals surface area contributed by atoms with E-state index in [0.29, 0.717) is 45.2 Å². The van der Waals surface area contributed by atoms with Gasteiger partial charge in [-0.05, 0) is 44.9 Å². The lowest BCUT2D eigenvalue weighted by Crippen LogP contribution is -2.56. The molecule has 2 aliphatic heterocycles. The van der Waals surface area contributed by atoms with E-state index in [1.807, 2.05) is 25.3 Å². The Bertz CT molecular complexity index is 1130. The third-order valence-corrected chi connectivity index (χ3v) is 7.58. The minimum Gasteiger partial charge on any atom is -0.375 e. The van der Waals surface area contributed by atoms with Crippen LogP contribution in [-0.4, -0.2) is 79.4 Å². The molecule has 2 unspecified atom stereocenters. The molecule has 1 aromatic carbocycles. The predicted molar refractivity (Wildman–Crippen MR) is 127 cm³/mol. The first-order chi connectivity index (χ1) is 16.1. The fourth-order valence-electron chi connectivity index (χ4n) is 4.51. The van der Waals surface area contributed by atoms with Crippen LogP contribution in [0.5, 0.6) is 0 Å². The third kappa shape index (κ3) is 5.11. The summed E-state index contributed by atoms with van der Waals surface area (Å²) in [5, 5.41) is 11.6. The molecule has 0 saturated carbocycles. The van der Waals surface area contributed by atoms with Crippen molar-refractivity contribution in [1.82, 2.24) is 20.1 Å². The Morgan fingerprint density at radius 2 is 1.97 bits per heavy atom. The molecular formula is C23H33N5O5S. The molecule has 11 heteroatoms. The topological polar surface area (TPSA) is 116 Å². The molecule has 10 nitrogen and oxygen atoms in total. The van der Waals surface area contributed by atoms with E-state index in [-0.39, 0.29) is 28.8 Å². The van der Waals surface area contributed by atoms with Gasteiger partial charge in [0.15, 0.2) is 9.84 Å². The van der Waals surface area contributed by atoms with E-state index in [1.54, 1.807) is 24.3 Å². The fraction of sp³-hybridized carbons (Fsp3) is 0.609. The van der Waals surface area contributed by atoms with Crippen molar-refractivity contribution in [1.29, 1.82) is 0 Å². The van der Waals surface area contributed by atoms with Gasteiger partial charge >= 0.3 is 0 Å². The van der Waals surface area contributed by atoms with Crippen LogP contribution in [0, 0.1) is 0 Å². The van der Waals surface area contributed by atoms with Crippen LogP contribution in [0.15, 0.2) is 29.2 Å². The van der Waals surface area contributed by atoms with Gasteiger partial charge in [-0.2, -0.15) is 0 Å². The van der Waals surface area contributed by atoms with E-state index in [0.717, 1.165) is 12.0 Å². The summed E-state index contributed by atoms with van der Waals surface area (Å²) in [6.45, 7) is 8.75. The second-order valence-electron chi connectivity index (χ2n) is 9.37. The summed E-state index contributed by atoms with van der Waals surface area (Å²) in [5.74, 6) is 0.609. The minimum atomic E-state index is -3.25. The first-order valence-electron chi connectivity index (χ1n) is 11.6. The van der Waals surface area contributed by atoms with E-state index < -0.39 is 15.4 Å². The number of hydrogen-bond acceptors (Lipinski definition) is 8. The zero-order valence-electron chi connectivity index (χ0n) is 20.2. The van der Waals surface area contributed by atoms with Gasteiger partial charge in [-0.15, -0.1) is 10.2 Å². The highest BCUT2D eigenvalue weighted by molar-refractivity contribution is 7.90. The number of nitrogens with zero attached hydrogens (tertiary/aromatic N) is 4. The highest BCUT2D eigenvalue weighted by Gasteiger charge is 2.47. The fourth-order valence-corrected chi connectivity index (χ4v) is 5.14. The number of amides is 1. The lowest BCUT2D eigenvalue weighted by molar-refractivity contribution is -0.0922. The molecule has 2 saturated heterocycles. The van der Waals surface area contributed by atoms with E-state index in [4.69, 9.17) is 9.47 Å². The van der Waals surface area contributed by atoms with Crippen molar-refractivity contribution in [2.75, 3.05) is 37.5 Å². The summed E-state index contributed by atoms with van der Waals surface area (Å²) < 4.78 is 37.3. The summed E-state index contributed by atoms with van der Waals surface area (Å²) in [4.78, 5) is 15.3. The molecule has 1 spiro atoms. The SMILES string of the molecule is CC(C)NC(=O)c1nnc(N2CCOC3(CCOC3C)C2)n1CCc1ccc(S(C)(=O)=O)cc1. The molecule has 2 fully saturated rings. The summed E-state index contributed by atoms with van der Waals surface area (Å²) in [6, 6.07) is 6.78. The second-order valence-corrected chi connectivity index (χ2v) is 11.4. The van der Waals surface area contributed by atoms with Crippen LogP contribution >= 0.6 is 0 Å². The number of aromatic nitrogens is 3. The van der Waals surface area contributed by atoms with Crippen molar-refractivity contribution in [3.63, 3.8) is 0 Å². The van der Waals surface area contributed by atoms with E-state index in [2.05, 4.69) is 20.4 Å². The number of sulfone groups is 1. The number of benzene rings is 1. The van der Waals surface area contributed by atoms with E-state index in [9.17, 15) is 13.2 Å². The van der Waals surface area contributed by atoms with Crippen molar-refractivity contribution in [3.8, 4) is 0 Å². The van der Waals surface area contributed by atoms with Gasteiger partial charge in [0.1, 0.15) is 5.60 Å². The van der Waals surface area contributed by atoms with Crippen LogP contribution in [0.3, 0.4) is 0 Å². The Hall–Kier alpha value is -2.50. The lowest BCUT2D eigenvalue weighted by atomic mass is 9.94. The summed E-state index contributed by atoms with van der Waals surface area (Å²) in [7, 11) is -3.25. The number of hydrogen-bond donors (Lipinski definition) is 1. The first kappa shape index (κ1) is 24.6. The van der Waals surface area contributed by atoms with E-state index >= 15 is 0 Å². The van der Waals surface area contributed by atoms with Crippen LogP contribution in [0.25, 0.3) is 0 Å². The molecule has 2 aliphatic rings. The van der Waals surface area contributed by atoms with Crippen LogP contribution in [0.1, 0.15) is 43.4 Å². The van der Waals surface area contributed by atoms with Gasteiger partial charge in [-0.1, -0.05) is 12.1 Å². The standard InChI is InChI=1S/C23H33N5O5S/c1-16(2)24-21(29)20-25-26-22(27-12-14-33-23(15-27)10-13-32-17(23)3)28(20)11-9-18-5-7-19(8-6-18)34(4,30)31/h5-8,16-17H,9-15H2,1-4H3,(H,24,29). The smallest absolute Gasteiger partial charge is 0.289 e. The summed E-state index contributed by atoms with van der Waals surface area (Å²) in [6.07, 6.45) is 2.57. The van der Waals surface area contributed by atoms with Crippen LogP contribution in [0.2, 0.25) is 0 Å². The van der Waals surface area contributed by atoms with Crippen LogP contribution < -0.4 is 10.2 Å².